The normalized spacial score (nSPS) is 9.83. The van der Waals surface area contributed by atoms with Crippen LogP contribution in [-0.2, 0) is 4.74 Å². The van der Waals surface area contributed by atoms with Crippen molar-refractivity contribution < 1.29 is 13.9 Å². The molecule has 0 aliphatic carbocycles. The van der Waals surface area contributed by atoms with Gasteiger partial charge in [0.2, 0.25) is 0 Å². The maximum atomic E-state index is 12.5. The number of methoxy groups -OCH3 is 1. The van der Waals surface area contributed by atoms with Crippen LogP contribution in [0.2, 0.25) is 0 Å². The maximum absolute atomic E-state index is 12.5. The SMILES string of the molecule is COCC(=O)c1cncc(F)c1. The molecule has 0 radical (unpaired) electrons. The molecule has 1 heterocycles. The third kappa shape index (κ3) is 2.10. The zero-order chi connectivity index (χ0) is 8.97. The number of Topliss-reactive ketones (excluding diaryl/α,β-unsaturated/α-hetero) is 1. The Bertz CT molecular complexity index is 288. The second-order valence-corrected chi connectivity index (χ2v) is 2.25. The Morgan fingerprint density at radius 1 is 1.67 bits per heavy atom. The second kappa shape index (κ2) is 3.92. The molecule has 0 N–H and O–H groups in total. The molecule has 12 heavy (non-hydrogen) atoms. The van der Waals surface area contributed by atoms with Crippen LogP contribution in [0.5, 0.6) is 0 Å². The first-order valence-electron chi connectivity index (χ1n) is 3.36. The van der Waals surface area contributed by atoms with E-state index in [1.165, 1.54) is 13.3 Å². The fourth-order valence-corrected chi connectivity index (χ4v) is 0.779. The van der Waals surface area contributed by atoms with Gasteiger partial charge in [0.1, 0.15) is 12.4 Å². The number of carbonyl (C=O) groups excluding carboxylic acids is 1. The molecule has 0 spiro atoms. The van der Waals surface area contributed by atoms with E-state index in [4.69, 9.17) is 0 Å². The van der Waals surface area contributed by atoms with Crippen LogP contribution in [0, 0.1) is 5.82 Å². The van der Waals surface area contributed by atoms with Crippen molar-refractivity contribution in [1.29, 1.82) is 0 Å². The number of carbonyl (C=O) groups is 1. The average Bonchev–Trinajstić information content (AvgIpc) is 2.05. The first-order valence-corrected chi connectivity index (χ1v) is 3.36. The number of pyridine rings is 1. The zero-order valence-corrected chi connectivity index (χ0v) is 6.58. The van der Waals surface area contributed by atoms with Gasteiger partial charge in [-0.25, -0.2) is 4.39 Å². The lowest BCUT2D eigenvalue weighted by molar-refractivity contribution is 0.0847. The monoisotopic (exact) mass is 169 g/mol. The quantitative estimate of drug-likeness (QED) is 0.635. The Labute approximate surface area is 69.2 Å². The molecule has 0 fully saturated rings. The molecule has 0 saturated carbocycles. The molecule has 4 heteroatoms. The molecule has 0 unspecified atom stereocenters. The number of rotatable bonds is 3. The van der Waals surface area contributed by atoms with Gasteiger partial charge in [0, 0.05) is 18.9 Å². The van der Waals surface area contributed by atoms with E-state index >= 15 is 0 Å². The molecule has 0 aliphatic heterocycles. The highest BCUT2D eigenvalue weighted by Gasteiger charge is 2.05. The van der Waals surface area contributed by atoms with E-state index in [0.717, 1.165) is 12.3 Å². The fraction of sp³-hybridized carbons (Fsp3) is 0.250. The molecule has 0 aromatic carbocycles. The summed E-state index contributed by atoms with van der Waals surface area (Å²) in [5, 5.41) is 0. The van der Waals surface area contributed by atoms with Crippen molar-refractivity contribution in [2.45, 2.75) is 0 Å². The van der Waals surface area contributed by atoms with E-state index in [2.05, 4.69) is 9.72 Å². The molecule has 3 nitrogen and oxygen atoms in total. The standard InChI is InChI=1S/C8H8FNO2/c1-12-5-8(11)6-2-7(9)4-10-3-6/h2-4H,5H2,1H3. The van der Waals surface area contributed by atoms with Crippen LogP contribution in [0.4, 0.5) is 4.39 Å². The Balaban J connectivity index is 2.81. The summed E-state index contributed by atoms with van der Waals surface area (Å²) >= 11 is 0. The number of halogens is 1. The van der Waals surface area contributed by atoms with Crippen LogP contribution >= 0.6 is 0 Å². The van der Waals surface area contributed by atoms with E-state index in [1.807, 2.05) is 0 Å². The Kier molecular flexibility index (Phi) is 2.88. The van der Waals surface area contributed by atoms with Gasteiger partial charge in [-0.3, -0.25) is 9.78 Å². The van der Waals surface area contributed by atoms with Gasteiger partial charge in [0.05, 0.1) is 6.20 Å². The van der Waals surface area contributed by atoms with Crippen LogP contribution in [0.1, 0.15) is 10.4 Å². The lowest BCUT2D eigenvalue weighted by atomic mass is 10.2. The lowest BCUT2D eigenvalue weighted by Gasteiger charge is -1.97. The predicted molar refractivity (Wildman–Crippen MR) is 40.4 cm³/mol. The van der Waals surface area contributed by atoms with Crippen LogP contribution in [-0.4, -0.2) is 24.5 Å². The molecule has 0 saturated heterocycles. The minimum absolute atomic E-state index is 0.0505. The summed E-state index contributed by atoms with van der Waals surface area (Å²) in [5.41, 5.74) is 0.233. The van der Waals surface area contributed by atoms with Crippen molar-refractivity contribution in [1.82, 2.24) is 4.98 Å². The first kappa shape index (κ1) is 8.80. The van der Waals surface area contributed by atoms with Gasteiger partial charge in [0.15, 0.2) is 5.78 Å². The molecule has 0 atom stereocenters. The van der Waals surface area contributed by atoms with Gasteiger partial charge >= 0.3 is 0 Å². The summed E-state index contributed by atoms with van der Waals surface area (Å²) in [7, 11) is 1.41. The Morgan fingerprint density at radius 3 is 3.00 bits per heavy atom. The molecule has 1 aromatic heterocycles. The number of nitrogens with zero attached hydrogens (tertiary/aromatic N) is 1. The van der Waals surface area contributed by atoms with Crippen LogP contribution in [0.15, 0.2) is 18.5 Å². The van der Waals surface area contributed by atoms with E-state index in [1.54, 1.807) is 0 Å². The van der Waals surface area contributed by atoms with Crippen molar-refractivity contribution in [3.8, 4) is 0 Å². The number of ether oxygens (including phenoxy) is 1. The Morgan fingerprint density at radius 2 is 2.42 bits per heavy atom. The van der Waals surface area contributed by atoms with Gasteiger partial charge in [-0.1, -0.05) is 0 Å². The van der Waals surface area contributed by atoms with Gasteiger partial charge in [-0.05, 0) is 6.07 Å². The van der Waals surface area contributed by atoms with Crippen molar-refractivity contribution >= 4 is 5.78 Å². The third-order valence-electron chi connectivity index (χ3n) is 1.30. The van der Waals surface area contributed by atoms with E-state index in [0.29, 0.717) is 0 Å². The summed E-state index contributed by atoms with van der Waals surface area (Å²) < 4.78 is 17.1. The van der Waals surface area contributed by atoms with Crippen molar-refractivity contribution in [3.05, 3.63) is 29.8 Å². The first-order chi connectivity index (χ1) is 5.74. The van der Waals surface area contributed by atoms with Crippen molar-refractivity contribution in [2.75, 3.05) is 13.7 Å². The Hall–Kier alpha value is -1.29. The smallest absolute Gasteiger partial charge is 0.190 e. The largest absolute Gasteiger partial charge is 0.377 e. The molecule has 0 amide bonds. The molecule has 1 rings (SSSR count). The molecule has 0 aliphatic rings. The highest BCUT2D eigenvalue weighted by Crippen LogP contribution is 2.01. The summed E-state index contributed by atoms with van der Waals surface area (Å²) in [6.07, 6.45) is 2.36. The highest BCUT2D eigenvalue weighted by molar-refractivity contribution is 5.96. The third-order valence-corrected chi connectivity index (χ3v) is 1.30. The average molecular weight is 169 g/mol. The van der Waals surface area contributed by atoms with Crippen LogP contribution < -0.4 is 0 Å². The van der Waals surface area contributed by atoms with Gasteiger partial charge in [-0.15, -0.1) is 0 Å². The number of ketones is 1. The molecular weight excluding hydrogens is 161 g/mol. The van der Waals surface area contributed by atoms with E-state index in [9.17, 15) is 9.18 Å². The van der Waals surface area contributed by atoms with Crippen LogP contribution in [0.25, 0.3) is 0 Å². The van der Waals surface area contributed by atoms with Crippen molar-refractivity contribution in [3.63, 3.8) is 0 Å². The summed E-state index contributed by atoms with van der Waals surface area (Å²) in [6, 6.07) is 1.13. The minimum atomic E-state index is -0.517. The van der Waals surface area contributed by atoms with Crippen molar-refractivity contribution in [2.24, 2.45) is 0 Å². The molecular formula is C8H8FNO2. The summed E-state index contributed by atoms with van der Waals surface area (Å²) in [5.74, 6) is -0.790. The molecule has 64 valence electrons. The van der Waals surface area contributed by atoms with E-state index in [-0.39, 0.29) is 18.0 Å². The minimum Gasteiger partial charge on any atom is -0.377 e. The number of hydrogen-bond acceptors (Lipinski definition) is 3. The van der Waals surface area contributed by atoms with Crippen LogP contribution in [0.3, 0.4) is 0 Å². The van der Waals surface area contributed by atoms with Gasteiger partial charge < -0.3 is 4.74 Å². The topological polar surface area (TPSA) is 39.2 Å². The highest BCUT2D eigenvalue weighted by atomic mass is 19.1. The van der Waals surface area contributed by atoms with Gasteiger partial charge in [-0.2, -0.15) is 0 Å². The summed E-state index contributed by atoms with van der Waals surface area (Å²) in [6.45, 7) is -0.0505. The summed E-state index contributed by atoms with van der Waals surface area (Å²) in [4.78, 5) is 14.6. The number of hydrogen-bond donors (Lipinski definition) is 0. The maximum Gasteiger partial charge on any atom is 0.190 e. The second-order valence-electron chi connectivity index (χ2n) is 2.25. The fourth-order valence-electron chi connectivity index (χ4n) is 0.779. The molecule has 1 aromatic rings. The van der Waals surface area contributed by atoms with Gasteiger partial charge in [0.25, 0.3) is 0 Å². The van der Waals surface area contributed by atoms with E-state index < -0.39 is 5.82 Å². The number of aromatic nitrogens is 1. The molecule has 0 bridgehead atoms. The lowest BCUT2D eigenvalue weighted by Crippen LogP contribution is -2.07. The zero-order valence-electron chi connectivity index (χ0n) is 6.58. The predicted octanol–water partition coefficient (Wildman–Crippen LogP) is 1.05.